The summed E-state index contributed by atoms with van der Waals surface area (Å²) in [4.78, 5) is 0. The van der Waals surface area contributed by atoms with E-state index < -0.39 is 50.1 Å². The van der Waals surface area contributed by atoms with Crippen molar-refractivity contribution >= 4 is 7.82 Å². The number of fused-ring (bicyclic) bond motifs is 1. The fraction of sp³-hybridized carbons (Fsp3) is 0.500. The third-order valence-electron chi connectivity index (χ3n) is 5.60. The van der Waals surface area contributed by atoms with E-state index in [1.165, 1.54) is 0 Å². The number of phosphoric acid groups is 1. The molecule has 3 aliphatic rings. The van der Waals surface area contributed by atoms with Crippen molar-refractivity contribution in [3.8, 4) is 11.5 Å². The Labute approximate surface area is 198 Å². The van der Waals surface area contributed by atoms with Crippen LogP contribution >= 0.6 is 7.82 Å². The maximum absolute atomic E-state index is 13.9. The normalized spacial score (nSPS) is 31.8. The summed E-state index contributed by atoms with van der Waals surface area (Å²) in [6, 6.07) is 17.3. The molecule has 3 saturated heterocycles. The van der Waals surface area contributed by atoms with Gasteiger partial charge >= 0.3 is 7.82 Å². The first-order valence-electron chi connectivity index (χ1n) is 11.2. The zero-order valence-electron chi connectivity index (χ0n) is 19.5. The number of ether oxygens (including phenoxy) is 5. The molecule has 0 N–H and O–H groups in total. The van der Waals surface area contributed by atoms with Gasteiger partial charge in [-0.3, -0.25) is 0 Å². The second-order valence-electron chi connectivity index (χ2n) is 9.26. The fourth-order valence-corrected chi connectivity index (χ4v) is 5.57. The van der Waals surface area contributed by atoms with Gasteiger partial charge in [0, 0.05) is 0 Å². The van der Waals surface area contributed by atoms with Crippen LogP contribution in [0.4, 0.5) is 0 Å². The van der Waals surface area contributed by atoms with Gasteiger partial charge in [0.25, 0.3) is 0 Å². The number of para-hydroxylation sites is 2. The Balaban J connectivity index is 1.41. The van der Waals surface area contributed by atoms with Crippen molar-refractivity contribution in [3.05, 3.63) is 60.7 Å². The number of benzene rings is 2. The van der Waals surface area contributed by atoms with Crippen LogP contribution in [0.1, 0.15) is 27.7 Å². The van der Waals surface area contributed by atoms with Gasteiger partial charge in [0.1, 0.15) is 35.9 Å². The lowest BCUT2D eigenvalue weighted by atomic mass is 10.1. The Morgan fingerprint density at radius 2 is 1.32 bits per heavy atom. The Morgan fingerprint density at radius 3 is 1.85 bits per heavy atom. The molecule has 0 aliphatic carbocycles. The maximum atomic E-state index is 13.9. The summed E-state index contributed by atoms with van der Waals surface area (Å²) in [7, 11) is -4.22. The molecule has 0 radical (unpaired) electrons. The molecule has 0 spiro atoms. The number of phosphoric ester groups is 1. The summed E-state index contributed by atoms with van der Waals surface area (Å²) < 4.78 is 61.4. The SMILES string of the molecule is CC1(C)O[C@@H]2[C@H](O1)[C@@H](OP(=O)(Oc1ccccc1)Oc1ccccc1)O[C@@H]2[C@H]1COC(C)(C)O1. The highest BCUT2D eigenvalue weighted by atomic mass is 31.2. The first-order valence-corrected chi connectivity index (χ1v) is 12.7. The van der Waals surface area contributed by atoms with E-state index >= 15 is 0 Å². The Hall–Kier alpha value is -1.97. The first kappa shape index (κ1) is 23.8. The molecule has 2 aromatic carbocycles. The van der Waals surface area contributed by atoms with E-state index in [4.69, 9.17) is 37.3 Å². The van der Waals surface area contributed by atoms with Gasteiger partial charge in [0.2, 0.25) is 6.29 Å². The molecule has 3 aliphatic heterocycles. The summed E-state index contributed by atoms with van der Waals surface area (Å²) in [5.41, 5.74) is 0. The number of hydrogen-bond acceptors (Lipinski definition) is 9. The average Bonchev–Trinajstić information content (AvgIpc) is 3.39. The van der Waals surface area contributed by atoms with E-state index in [1.807, 2.05) is 26.0 Å². The van der Waals surface area contributed by atoms with E-state index in [0.717, 1.165) is 0 Å². The van der Waals surface area contributed by atoms with Gasteiger partial charge in [-0.25, -0.2) is 9.09 Å². The molecule has 0 aromatic heterocycles. The Morgan fingerprint density at radius 1 is 0.765 bits per heavy atom. The third kappa shape index (κ3) is 5.16. The van der Waals surface area contributed by atoms with Crippen LogP contribution in [-0.4, -0.2) is 48.9 Å². The fourth-order valence-electron chi connectivity index (χ4n) is 4.26. The molecule has 184 valence electrons. The van der Waals surface area contributed by atoms with Gasteiger partial charge in [-0.1, -0.05) is 36.4 Å². The molecule has 9 nitrogen and oxygen atoms in total. The summed E-state index contributed by atoms with van der Waals surface area (Å²) in [6.45, 7) is 7.58. The second kappa shape index (κ2) is 8.91. The molecular weight excluding hydrogens is 463 g/mol. The molecular formula is C24H29O9P. The maximum Gasteiger partial charge on any atom is 0.590 e. The van der Waals surface area contributed by atoms with Crippen molar-refractivity contribution in [1.29, 1.82) is 0 Å². The van der Waals surface area contributed by atoms with Gasteiger partial charge in [-0.05, 0) is 52.0 Å². The smallest absolute Gasteiger partial charge is 0.395 e. The molecule has 0 saturated carbocycles. The van der Waals surface area contributed by atoms with Crippen molar-refractivity contribution in [2.45, 2.75) is 70.0 Å². The largest absolute Gasteiger partial charge is 0.590 e. The van der Waals surface area contributed by atoms with Crippen molar-refractivity contribution in [1.82, 2.24) is 0 Å². The van der Waals surface area contributed by atoms with E-state index in [-0.39, 0.29) is 0 Å². The Bertz CT molecular complexity index is 984. The van der Waals surface area contributed by atoms with Crippen LogP contribution in [0.25, 0.3) is 0 Å². The van der Waals surface area contributed by atoms with Gasteiger partial charge in [-0.15, -0.1) is 0 Å². The predicted octanol–water partition coefficient (Wildman–Crippen LogP) is 4.67. The molecule has 3 fully saturated rings. The molecule has 2 aromatic rings. The van der Waals surface area contributed by atoms with Crippen LogP contribution in [0.5, 0.6) is 11.5 Å². The van der Waals surface area contributed by atoms with Crippen molar-refractivity contribution in [2.75, 3.05) is 6.61 Å². The van der Waals surface area contributed by atoms with Crippen molar-refractivity contribution in [2.24, 2.45) is 0 Å². The summed E-state index contributed by atoms with van der Waals surface area (Å²) >= 11 is 0. The van der Waals surface area contributed by atoms with Gasteiger partial charge in [0.15, 0.2) is 11.6 Å². The third-order valence-corrected chi connectivity index (χ3v) is 6.93. The quantitative estimate of drug-likeness (QED) is 0.512. The number of rotatable bonds is 7. The summed E-state index contributed by atoms with van der Waals surface area (Å²) in [5, 5.41) is 0. The van der Waals surface area contributed by atoms with Crippen LogP contribution in [0, 0.1) is 0 Å². The monoisotopic (exact) mass is 492 g/mol. The predicted molar refractivity (Wildman–Crippen MR) is 120 cm³/mol. The summed E-state index contributed by atoms with van der Waals surface area (Å²) in [6.07, 6.45) is -3.29. The van der Waals surface area contributed by atoms with Crippen LogP contribution in [0.3, 0.4) is 0 Å². The van der Waals surface area contributed by atoms with Gasteiger partial charge in [-0.2, -0.15) is 0 Å². The van der Waals surface area contributed by atoms with E-state index in [2.05, 4.69) is 0 Å². The molecule has 10 heteroatoms. The van der Waals surface area contributed by atoms with E-state index in [9.17, 15) is 4.57 Å². The molecule has 0 unspecified atom stereocenters. The highest BCUT2D eigenvalue weighted by Gasteiger charge is 2.61. The second-order valence-corrected chi connectivity index (χ2v) is 10.7. The highest BCUT2D eigenvalue weighted by Crippen LogP contribution is 2.54. The topological polar surface area (TPSA) is 90.9 Å². The number of hydrogen-bond donors (Lipinski definition) is 0. The zero-order valence-corrected chi connectivity index (χ0v) is 20.4. The first-order chi connectivity index (χ1) is 16.1. The molecule has 5 atom stereocenters. The van der Waals surface area contributed by atoms with Gasteiger partial charge in [0.05, 0.1) is 6.61 Å². The van der Waals surface area contributed by atoms with Crippen LogP contribution in [-0.2, 0) is 32.8 Å². The lowest BCUT2D eigenvalue weighted by molar-refractivity contribution is -0.232. The minimum atomic E-state index is -4.22. The lowest BCUT2D eigenvalue weighted by Gasteiger charge is -2.28. The summed E-state index contributed by atoms with van der Waals surface area (Å²) in [5.74, 6) is -0.991. The van der Waals surface area contributed by atoms with E-state index in [1.54, 1.807) is 62.4 Å². The van der Waals surface area contributed by atoms with Gasteiger partial charge < -0.3 is 32.7 Å². The molecule has 0 amide bonds. The van der Waals surface area contributed by atoms with E-state index in [0.29, 0.717) is 18.1 Å². The van der Waals surface area contributed by atoms with Crippen molar-refractivity contribution in [3.63, 3.8) is 0 Å². The lowest BCUT2D eigenvalue weighted by Crippen LogP contribution is -2.40. The molecule has 0 bridgehead atoms. The average molecular weight is 492 g/mol. The molecule has 34 heavy (non-hydrogen) atoms. The minimum Gasteiger partial charge on any atom is -0.395 e. The van der Waals surface area contributed by atoms with Crippen molar-refractivity contribution < 1.29 is 41.8 Å². The Kier molecular flexibility index (Phi) is 6.23. The standard InChI is InChI=1S/C24H29O9P/c1-23(2)26-15-18(28-23)19-20-21(30-24(3,4)29-20)22(27-19)33-34(25,31-16-11-7-5-8-12-16)32-17-13-9-6-10-14-17/h5-14,18-22H,15H2,1-4H3/t18-,19-,20+,21+,22-/m1/s1. The minimum absolute atomic E-state index is 0.316. The molecule has 5 rings (SSSR count). The van der Waals surface area contributed by atoms with Crippen LogP contribution < -0.4 is 9.05 Å². The zero-order chi connectivity index (χ0) is 24.0. The highest BCUT2D eigenvalue weighted by molar-refractivity contribution is 7.49. The van der Waals surface area contributed by atoms with Crippen LogP contribution in [0.2, 0.25) is 0 Å². The molecule has 3 heterocycles. The van der Waals surface area contributed by atoms with Crippen LogP contribution in [0.15, 0.2) is 60.7 Å².